The van der Waals surface area contributed by atoms with Crippen molar-refractivity contribution < 1.29 is 4.74 Å². The fourth-order valence-electron chi connectivity index (χ4n) is 0.962. The SMILES string of the molecule is CC.Cc1cnc(Oc2cccnc2)cn1. The lowest BCUT2D eigenvalue weighted by atomic mass is 10.5. The van der Waals surface area contributed by atoms with Crippen LogP contribution >= 0.6 is 0 Å². The maximum atomic E-state index is 5.40. The highest BCUT2D eigenvalue weighted by Crippen LogP contribution is 2.15. The van der Waals surface area contributed by atoms with Gasteiger partial charge in [0.2, 0.25) is 5.88 Å². The zero-order valence-corrected chi connectivity index (χ0v) is 9.71. The highest BCUT2D eigenvalue weighted by molar-refractivity contribution is 5.21. The first-order valence-electron chi connectivity index (χ1n) is 5.21. The number of rotatable bonds is 2. The molecule has 4 nitrogen and oxygen atoms in total. The van der Waals surface area contributed by atoms with Crippen molar-refractivity contribution in [1.29, 1.82) is 0 Å². The molecule has 0 fully saturated rings. The minimum atomic E-state index is 0.476. The van der Waals surface area contributed by atoms with Crippen molar-refractivity contribution in [3.63, 3.8) is 0 Å². The van der Waals surface area contributed by atoms with E-state index in [2.05, 4.69) is 15.0 Å². The highest BCUT2D eigenvalue weighted by atomic mass is 16.5. The third-order valence-corrected chi connectivity index (χ3v) is 1.61. The minimum Gasteiger partial charge on any atom is -0.436 e. The molecule has 2 aromatic rings. The Morgan fingerprint density at radius 3 is 2.44 bits per heavy atom. The Kier molecular flexibility index (Phi) is 4.92. The molecule has 0 saturated heterocycles. The zero-order chi connectivity index (χ0) is 11.8. The summed E-state index contributed by atoms with van der Waals surface area (Å²) in [6.07, 6.45) is 6.56. The molecule has 84 valence electrons. The van der Waals surface area contributed by atoms with Gasteiger partial charge in [0, 0.05) is 6.20 Å². The van der Waals surface area contributed by atoms with E-state index in [1.165, 1.54) is 0 Å². The number of hydrogen-bond donors (Lipinski definition) is 0. The van der Waals surface area contributed by atoms with Crippen LogP contribution in [0.2, 0.25) is 0 Å². The topological polar surface area (TPSA) is 47.9 Å². The fraction of sp³-hybridized carbons (Fsp3) is 0.250. The zero-order valence-electron chi connectivity index (χ0n) is 9.71. The summed E-state index contributed by atoms with van der Waals surface area (Å²) in [5.41, 5.74) is 0.864. The van der Waals surface area contributed by atoms with Gasteiger partial charge in [-0.25, -0.2) is 4.98 Å². The molecule has 0 aromatic carbocycles. The Hall–Kier alpha value is -1.97. The second-order valence-electron chi connectivity index (χ2n) is 2.79. The van der Waals surface area contributed by atoms with Crippen molar-refractivity contribution >= 4 is 0 Å². The predicted octanol–water partition coefficient (Wildman–Crippen LogP) is 3.00. The van der Waals surface area contributed by atoms with Gasteiger partial charge in [0.15, 0.2) is 0 Å². The lowest BCUT2D eigenvalue weighted by molar-refractivity contribution is 0.457. The van der Waals surface area contributed by atoms with Crippen LogP contribution < -0.4 is 4.74 Å². The average molecular weight is 217 g/mol. The van der Waals surface area contributed by atoms with Crippen molar-refractivity contribution in [3.05, 3.63) is 42.6 Å². The van der Waals surface area contributed by atoms with Gasteiger partial charge in [0.25, 0.3) is 0 Å². The predicted molar refractivity (Wildman–Crippen MR) is 62.4 cm³/mol. The first kappa shape index (κ1) is 12.1. The molecule has 2 aromatic heterocycles. The fourth-order valence-corrected chi connectivity index (χ4v) is 0.962. The second kappa shape index (κ2) is 6.50. The van der Waals surface area contributed by atoms with Crippen LogP contribution in [0.25, 0.3) is 0 Å². The molecule has 0 aliphatic carbocycles. The Morgan fingerprint density at radius 1 is 1.06 bits per heavy atom. The van der Waals surface area contributed by atoms with E-state index >= 15 is 0 Å². The summed E-state index contributed by atoms with van der Waals surface area (Å²) in [4.78, 5) is 12.1. The standard InChI is InChI=1S/C10H9N3O.C2H6/c1-8-5-13-10(7-12-8)14-9-3-2-4-11-6-9;1-2/h2-7H,1H3;1-2H3. The summed E-state index contributed by atoms with van der Waals surface area (Å²) in [5.74, 6) is 1.13. The average Bonchev–Trinajstić information content (AvgIpc) is 2.36. The molecule has 0 unspecified atom stereocenters. The van der Waals surface area contributed by atoms with Crippen LogP contribution in [0.1, 0.15) is 19.5 Å². The number of aromatic nitrogens is 3. The largest absolute Gasteiger partial charge is 0.436 e. The van der Waals surface area contributed by atoms with Crippen LogP contribution in [-0.4, -0.2) is 15.0 Å². The van der Waals surface area contributed by atoms with E-state index in [-0.39, 0.29) is 0 Å². The maximum absolute atomic E-state index is 5.40. The van der Waals surface area contributed by atoms with Gasteiger partial charge in [-0.15, -0.1) is 0 Å². The molecule has 0 bridgehead atoms. The molecule has 16 heavy (non-hydrogen) atoms. The van der Waals surface area contributed by atoms with Crippen molar-refractivity contribution in [2.24, 2.45) is 0 Å². The molecule has 0 spiro atoms. The molecule has 0 radical (unpaired) electrons. The van der Waals surface area contributed by atoms with Gasteiger partial charge < -0.3 is 4.74 Å². The quantitative estimate of drug-likeness (QED) is 0.775. The molecule has 0 amide bonds. The number of ether oxygens (including phenoxy) is 1. The molecular formula is C12H15N3O. The molecule has 0 aliphatic rings. The van der Waals surface area contributed by atoms with E-state index in [0.717, 1.165) is 5.69 Å². The number of aryl methyl sites for hydroxylation is 1. The van der Waals surface area contributed by atoms with Gasteiger partial charge in [0.05, 0.1) is 24.3 Å². The van der Waals surface area contributed by atoms with Gasteiger partial charge in [-0.3, -0.25) is 9.97 Å². The van der Waals surface area contributed by atoms with Gasteiger partial charge in [-0.05, 0) is 19.1 Å². The van der Waals surface area contributed by atoms with Gasteiger partial charge in [0.1, 0.15) is 5.75 Å². The number of nitrogens with zero attached hydrogens (tertiary/aromatic N) is 3. The van der Waals surface area contributed by atoms with E-state index in [1.807, 2.05) is 26.8 Å². The molecule has 2 heterocycles. The maximum Gasteiger partial charge on any atom is 0.237 e. The Morgan fingerprint density at radius 2 is 1.88 bits per heavy atom. The van der Waals surface area contributed by atoms with Crippen molar-refractivity contribution in [1.82, 2.24) is 15.0 Å². The minimum absolute atomic E-state index is 0.476. The smallest absolute Gasteiger partial charge is 0.237 e. The van der Waals surface area contributed by atoms with Crippen LogP contribution in [0.15, 0.2) is 36.9 Å². The third kappa shape index (κ3) is 3.65. The van der Waals surface area contributed by atoms with Gasteiger partial charge in [-0.1, -0.05) is 13.8 Å². The first-order valence-corrected chi connectivity index (χ1v) is 5.21. The van der Waals surface area contributed by atoms with Crippen LogP contribution in [0, 0.1) is 6.92 Å². The Bertz CT molecular complexity index is 400. The molecule has 0 atom stereocenters. The summed E-state index contributed by atoms with van der Waals surface area (Å²) in [5, 5.41) is 0. The molecule has 2 rings (SSSR count). The van der Waals surface area contributed by atoms with Crippen LogP contribution in [0.5, 0.6) is 11.6 Å². The summed E-state index contributed by atoms with van der Waals surface area (Å²) in [6.45, 7) is 5.88. The normalized spacial score (nSPS) is 8.94. The summed E-state index contributed by atoms with van der Waals surface area (Å²) < 4.78 is 5.40. The van der Waals surface area contributed by atoms with E-state index in [9.17, 15) is 0 Å². The summed E-state index contributed by atoms with van der Waals surface area (Å²) in [6, 6.07) is 3.62. The van der Waals surface area contributed by atoms with Crippen LogP contribution in [0.4, 0.5) is 0 Å². The monoisotopic (exact) mass is 217 g/mol. The molecular weight excluding hydrogens is 202 g/mol. The van der Waals surface area contributed by atoms with E-state index in [0.29, 0.717) is 11.6 Å². The Labute approximate surface area is 95.4 Å². The van der Waals surface area contributed by atoms with Gasteiger partial charge in [-0.2, -0.15) is 0 Å². The van der Waals surface area contributed by atoms with Crippen molar-refractivity contribution in [2.75, 3.05) is 0 Å². The van der Waals surface area contributed by atoms with Gasteiger partial charge >= 0.3 is 0 Å². The Balaban J connectivity index is 0.000000606. The van der Waals surface area contributed by atoms with Crippen LogP contribution in [-0.2, 0) is 0 Å². The van der Waals surface area contributed by atoms with Crippen LogP contribution in [0.3, 0.4) is 0 Å². The molecule has 0 saturated carbocycles. The van der Waals surface area contributed by atoms with E-state index in [4.69, 9.17) is 4.74 Å². The molecule has 4 heteroatoms. The second-order valence-corrected chi connectivity index (χ2v) is 2.79. The third-order valence-electron chi connectivity index (χ3n) is 1.61. The number of pyridine rings is 1. The van der Waals surface area contributed by atoms with E-state index < -0.39 is 0 Å². The molecule has 0 aliphatic heterocycles. The van der Waals surface area contributed by atoms with Crippen molar-refractivity contribution in [3.8, 4) is 11.6 Å². The highest BCUT2D eigenvalue weighted by Gasteiger charge is 1.97. The number of hydrogen-bond acceptors (Lipinski definition) is 4. The molecule has 0 N–H and O–H groups in total. The van der Waals surface area contributed by atoms with E-state index in [1.54, 1.807) is 30.9 Å². The lowest BCUT2D eigenvalue weighted by Gasteiger charge is -2.02. The first-order chi connectivity index (χ1) is 7.84. The van der Waals surface area contributed by atoms with Crippen molar-refractivity contribution in [2.45, 2.75) is 20.8 Å². The summed E-state index contributed by atoms with van der Waals surface area (Å²) in [7, 11) is 0. The summed E-state index contributed by atoms with van der Waals surface area (Å²) >= 11 is 0. The lowest BCUT2D eigenvalue weighted by Crippen LogP contribution is -1.90.